The second-order valence-electron chi connectivity index (χ2n) is 4.31. The second kappa shape index (κ2) is 6.09. The Morgan fingerprint density at radius 2 is 1.89 bits per heavy atom. The fourth-order valence-corrected chi connectivity index (χ4v) is 2.80. The number of aliphatic hydroxyl groups is 1. The lowest BCUT2D eigenvalue weighted by molar-refractivity contribution is -0.384. The van der Waals surface area contributed by atoms with Crippen molar-refractivity contribution in [2.75, 3.05) is 13.6 Å². The number of hydrogen-bond acceptors (Lipinski definition) is 5. The zero-order valence-corrected chi connectivity index (χ0v) is 11.5. The summed E-state index contributed by atoms with van der Waals surface area (Å²) in [5, 5.41) is 19.6. The monoisotopic (exact) mass is 288 g/mol. The van der Waals surface area contributed by atoms with Crippen LogP contribution in [0.5, 0.6) is 0 Å². The van der Waals surface area contributed by atoms with Crippen LogP contribution in [-0.2, 0) is 15.8 Å². The van der Waals surface area contributed by atoms with E-state index in [0.29, 0.717) is 5.56 Å². The van der Waals surface area contributed by atoms with Gasteiger partial charge in [-0.1, -0.05) is 12.1 Å². The lowest BCUT2D eigenvalue weighted by Crippen LogP contribution is -2.33. The molecule has 1 aromatic rings. The van der Waals surface area contributed by atoms with Crippen LogP contribution in [0.25, 0.3) is 0 Å². The van der Waals surface area contributed by atoms with Crippen molar-refractivity contribution in [3.63, 3.8) is 0 Å². The number of nitrogens with zero attached hydrogens (tertiary/aromatic N) is 2. The van der Waals surface area contributed by atoms with Crippen LogP contribution in [0.4, 0.5) is 5.69 Å². The Bertz CT molecular complexity index is 539. The first kappa shape index (κ1) is 15.5. The van der Waals surface area contributed by atoms with Crippen LogP contribution in [0.3, 0.4) is 0 Å². The van der Waals surface area contributed by atoms with Gasteiger partial charge >= 0.3 is 0 Å². The van der Waals surface area contributed by atoms with Gasteiger partial charge < -0.3 is 5.11 Å². The number of nitro groups is 1. The third kappa shape index (κ3) is 4.58. The van der Waals surface area contributed by atoms with E-state index in [2.05, 4.69) is 0 Å². The van der Waals surface area contributed by atoms with Crippen LogP contribution in [0.2, 0.25) is 0 Å². The van der Waals surface area contributed by atoms with Crippen molar-refractivity contribution in [3.05, 3.63) is 39.9 Å². The van der Waals surface area contributed by atoms with E-state index in [-0.39, 0.29) is 18.0 Å². The third-order valence-corrected chi connectivity index (χ3v) is 4.29. The first-order chi connectivity index (χ1) is 8.72. The van der Waals surface area contributed by atoms with Gasteiger partial charge in [0.25, 0.3) is 5.69 Å². The SMILES string of the molecule is CC(O)CN(C)S(=O)(=O)Cc1ccc([N+](=O)[O-])cc1. The van der Waals surface area contributed by atoms with E-state index in [1.165, 1.54) is 38.2 Å². The molecular formula is C11H16N2O5S. The van der Waals surface area contributed by atoms with Gasteiger partial charge in [-0.2, -0.15) is 0 Å². The second-order valence-corrected chi connectivity index (χ2v) is 6.39. The van der Waals surface area contributed by atoms with Crippen LogP contribution >= 0.6 is 0 Å². The average molecular weight is 288 g/mol. The summed E-state index contributed by atoms with van der Waals surface area (Å²) in [6.07, 6.45) is -0.753. The summed E-state index contributed by atoms with van der Waals surface area (Å²) in [5.74, 6) is -0.256. The van der Waals surface area contributed by atoms with E-state index in [1.54, 1.807) is 0 Å². The topological polar surface area (TPSA) is 101 Å². The summed E-state index contributed by atoms with van der Waals surface area (Å²) in [6.45, 7) is 1.51. The number of nitro benzene ring substituents is 1. The van der Waals surface area contributed by atoms with Gasteiger partial charge in [-0.15, -0.1) is 0 Å². The highest BCUT2D eigenvalue weighted by Crippen LogP contribution is 2.15. The lowest BCUT2D eigenvalue weighted by atomic mass is 10.2. The molecule has 0 aromatic heterocycles. The maximum absolute atomic E-state index is 11.9. The Hall–Kier alpha value is -1.51. The van der Waals surface area contributed by atoms with E-state index in [4.69, 9.17) is 5.11 Å². The highest BCUT2D eigenvalue weighted by molar-refractivity contribution is 7.88. The molecule has 7 nitrogen and oxygen atoms in total. The van der Waals surface area contributed by atoms with E-state index >= 15 is 0 Å². The maximum atomic E-state index is 11.9. The lowest BCUT2D eigenvalue weighted by Gasteiger charge is -2.18. The minimum atomic E-state index is -3.54. The predicted octanol–water partition coefficient (Wildman–Crippen LogP) is 0.737. The number of hydrogen-bond donors (Lipinski definition) is 1. The van der Waals surface area contributed by atoms with E-state index in [9.17, 15) is 18.5 Å². The van der Waals surface area contributed by atoms with Gasteiger partial charge in [-0.3, -0.25) is 10.1 Å². The van der Waals surface area contributed by atoms with E-state index in [0.717, 1.165) is 4.31 Å². The van der Waals surface area contributed by atoms with Crippen LogP contribution in [-0.4, -0.2) is 42.4 Å². The zero-order chi connectivity index (χ0) is 14.6. The number of aliphatic hydroxyl groups excluding tert-OH is 1. The molecule has 1 rings (SSSR count). The number of non-ortho nitro benzene ring substituents is 1. The molecule has 0 spiro atoms. The summed E-state index contributed by atoms with van der Waals surface area (Å²) in [7, 11) is -2.16. The molecular weight excluding hydrogens is 272 g/mol. The van der Waals surface area contributed by atoms with Crippen LogP contribution in [0.15, 0.2) is 24.3 Å². The molecule has 1 atom stereocenters. The van der Waals surface area contributed by atoms with E-state index < -0.39 is 21.1 Å². The van der Waals surface area contributed by atoms with Gasteiger partial charge in [0.15, 0.2) is 0 Å². The minimum absolute atomic E-state index is 0.00924. The summed E-state index contributed by atoms with van der Waals surface area (Å²) < 4.78 is 24.9. The third-order valence-electron chi connectivity index (χ3n) is 2.49. The molecule has 1 aromatic carbocycles. The largest absolute Gasteiger partial charge is 0.392 e. The first-order valence-corrected chi connectivity index (χ1v) is 7.18. The molecule has 1 unspecified atom stereocenters. The van der Waals surface area contributed by atoms with Gasteiger partial charge in [-0.05, 0) is 12.5 Å². The smallest absolute Gasteiger partial charge is 0.269 e. The van der Waals surface area contributed by atoms with Crippen molar-refractivity contribution in [1.29, 1.82) is 0 Å². The van der Waals surface area contributed by atoms with Crippen LogP contribution in [0, 0.1) is 10.1 Å². The Morgan fingerprint density at radius 1 is 1.37 bits per heavy atom. The van der Waals surface area contributed by atoms with Crippen molar-refractivity contribution < 1.29 is 18.4 Å². The summed E-state index contributed by atoms with van der Waals surface area (Å²) >= 11 is 0. The van der Waals surface area contributed by atoms with Crippen LogP contribution in [0.1, 0.15) is 12.5 Å². The van der Waals surface area contributed by atoms with Crippen molar-refractivity contribution >= 4 is 15.7 Å². The molecule has 0 aliphatic heterocycles. The molecule has 0 heterocycles. The number of sulfonamides is 1. The molecule has 19 heavy (non-hydrogen) atoms. The van der Waals surface area contributed by atoms with Crippen LogP contribution < -0.4 is 0 Å². The summed E-state index contributed by atoms with van der Waals surface area (Å²) in [5.41, 5.74) is 0.376. The molecule has 0 saturated heterocycles. The molecule has 8 heteroatoms. The normalized spacial score (nSPS) is 13.5. The van der Waals surface area contributed by atoms with Gasteiger partial charge in [0.1, 0.15) is 0 Å². The first-order valence-electron chi connectivity index (χ1n) is 5.58. The number of benzene rings is 1. The molecule has 0 aliphatic carbocycles. The van der Waals surface area contributed by atoms with Crippen molar-refractivity contribution in [2.45, 2.75) is 18.8 Å². The highest BCUT2D eigenvalue weighted by atomic mass is 32.2. The molecule has 0 radical (unpaired) electrons. The maximum Gasteiger partial charge on any atom is 0.269 e. The predicted molar refractivity (Wildman–Crippen MR) is 70.0 cm³/mol. The van der Waals surface area contributed by atoms with Gasteiger partial charge in [0.05, 0.1) is 16.8 Å². The molecule has 0 aliphatic rings. The van der Waals surface area contributed by atoms with E-state index in [1.807, 2.05) is 0 Å². The Kier molecular flexibility index (Phi) is 4.98. The molecule has 106 valence electrons. The summed E-state index contributed by atoms with van der Waals surface area (Å²) in [6, 6.07) is 5.34. The minimum Gasteiger partial charge on any atom is -0.392 e. The highest BCUT2D eigenvalue weighted by Gasteiger charge is 2.20. The Labute approximate surface area is 111 Å². The van der Waals surface area contributed by atoms with Crippen molar-refractivity contribution in [2.24, 2.45) is 0 Å². The van der Waals surface area contributed by atoms with Gasteiger partial charge in [0, 0.05) is 25.7 Å². The fraction of sp³-hybridized carbons (Fsp3) is 0.455. The number of likely N-dealkylation sites (N-methyl/N-ethyl adjacent to an activating group) is 1. The van der Waals surface area contributed by atoms with Crippen molar-refractivity contribution in [3.8, 4) is 0 Å². The fourth-order valence-electron chi connectivity index (χ4n) is 1.52. The standard InChI is InChI=1S/C11H16N2O5S/c1-9(14)7-12(2)19(17,18)8-10-3-5-11(6-4-10)13(15)16/h3-6,9,14H,7-8H2,1-2H3. The Morgan fingerprint density at radius 3 is 2.32 bits per heavy atom. The number of rotatable bonds is 6. The molecule has 0 fully saturated rings. The summed E-state index contributed by atoms with van der Waals surface area (Å²) in [4.78, 5) is 9.93. The molecule has 1 N–H and O–H groups in total. The molecule has 0 saturated carbocycles. The zero-order valence-electron chi connectivity index (χ0n) is 10.7. The van der Waals surface area contributed by atoms with Gasteiger partial charge in [0.2, 0.25) is 10.0 Å². The van der Waals surface area contributed by atoms with Crippen molar-refractivity contribution in [1.82, 2.24) is 4.31 Å². The molecule has 0 bridgehead atoms. The Balaban J connectivity index is 2.81. The average Bonchev–Trinajstić information content (AvgIpc) is 2.28. The van der Waals surface area contributed by atoms with Gasteiger partial charge in [-0.25, -0.2) is 12.7 Å². The quantitative estimate of drug-likeness (QED) is 0.614. The molecule has 0 amide bonds.